The maximum atomic E-state index is 11.8. The van der Waals surface area contributed by atoms with Crippen molar-refractivity contribution >= 4 is 50.7 Å². The molecular weight excluding hydrogens is 377 g/mol. The molecule has 24 heavy (non-hydrogen) atoms. The van der Waals surface area contributed by atoms with Gasteiger partial charge < -0.3 is 16.0 Å². The summed E-state index contributed by atoms with van der Waals surface area (Å²) in [5, 5.41) is 8.53. The molecule has 132 valence electrons. The van der Waals surface area contributed by atoms with Crippen LogP contribution in [-0.2, 0) is 14.6 Å². The molecule has 0 bridgehead atoms. The standard InChI is InChI=1S/C14H17Cl2N3O4S/c15-9-5-10(16)7-12(6-9)18-13(20)1-3-17-14(21)19-11-2-4-24(22,23)8-11/h5-7,11H,1-4,8H2,(H,18,20)(H2,17,19,21)/t11-/m1/s1. The molecule has 0 radical (unpaired) electrons. The molecule has 0 aliphatic carbocycles. The Morgan fingerprint density at radius 2 is 1.83 bits per heavy atom. The Hall–Kier alpha value is -1.51. The van der Waals surface area contributed by atoms with E-state index in [4.69, 9.17) is 23.2 Å². The van der Waals surface area contributed by atoms with Crippen LogP contribution in [0.25, 0.3) is 0 Å². The summed E-state index contributed by atoms with van der Waals surface area (Å²) < 4.78 is 22.6. The Morgan fingerprint density at radius 1 is 1.17 bits per heavy atom. The molecule has 10 heteroatoms. The number of hydrogen-bond acceptors (Lipinski definition) is 4. The van der Waals surface area contributed by atoms with Crippen LogP contribution >= 0.6 is 23.2 Å². The van der Waals surface area contributed by atoms with Crippen molar-refractivity contribution < 1.29 is 18.0 Å². The number of nitrogens with one attached hydrogen (secondary N) is 3. The van der Waals surface area contributed by atoms with Crippen molar-refractivity contribution in [1.82, 2.24) is 10.6 Å². The summed E-state index contributed by atoms with van der Waals surface area (Å²) in [5.74, 6) is -0.268. The number of sulfone groups is 1. The van der Waals surface area contributed by atoms with Crippen LogP contribution in [0.4, 0.5) is 10.5 Å². The van der Waals surface area contributed by atoms with Crippen molar-refractivity contribution in [3.63, 3.8) is 0 Å². The number of amides is 3. The van der Waals surface area contributed by atoms with E-state index in [1.54, 1.807) is 18.2 Å². The maximum Gasteiger partial charge on any atom is 0.315 e. The highest BCUT2D eigenvalue weighted by atomic mass is 35.5. The van der Waals surface area contributed by atoms with Crippen LogP contribution in [-0.4, -0.2) is 44.4 Å². The molecule has 1 aliphatic heterocycles. The molecule has 1 aromatic carbocycles. The van der Waals surface area contributed by atoms with Crippen molar-refractivity contribution in [1.29, 1.82) is 0 Å². The van der Waals surface area contributed by atoms with Crippen LogP contribution in [0.1, 0.15) is 12.8 Å². The fourth-order valence-corrected chi connectivity index (χ4v) is 4.48. The molecule has 1 aromatic rings. The summed E-state index contributed by atoms with van der Waals surface area (Å²) in [7, 11) is -3.04. The highest BCUT2D eigenvalue weighted by molar-refractivity contribution is 7.91. The Kier molecular flexibility index (Phi) is 6.31. The van der Waals surface area contributed by atoms with Gasteiger partial charge in [0.2, 0.25) is 5.91 Å². The van der Waals surface area contributed by atoms with Gasteiger partial charge in [0.15, 0.2) is 9.84 Å². The average molecular weight is 394 g/mol. The summed E-state index contributed by atoms with van der Waals surface area (Å²) in [6.45, 7) is 0.117. The highest BCUT2D eigenvalue weighted by Gasteiger charge is 2.28. The first kappa shape index (κ1) is 18.8. The lowest BCUT2D eigenvalue weighted by Crippen LogP contribution is -2.43. The lowest BCUT2D eigenvalue weighted by atomic mass is 10.3. The van der Waals surface area contributed by atoms with Gasteiger partial charge in [0.1, 0.15) is 0 Å². The molecule has 0 spiro atoms. The van der Waals surface area contributed by atoms with Gasteiger partial charge in [0.25, 0.3) is 0 Å². The summed E-state index contributed by atoms with van der Waals surface area (Å²) in [5.41, 5.74) is 0.470. The van der Waals surface area contributed by atoms with E-state index in [-0.39, 0.29) is 36.4 Å². The van der Waals surface area contributed by atoms with Gasteiger partial charge in [0.05, 0.1) is 11.5 Å². The van der Waals surface area contributed by atoms with Gasteiger partial charge in [-0.3, -0.25) is 4.79 Å². The summed E-state index contributed by atoms with van der Waals surface area (Å²) in [6, 6.07) is 3.81. The molecule has 3 amide bonds. The smallest absolute Gasteiger partial charge is 0.315 e. The van der Waals surface area contributed by atoms with Gasteiger partial charge >= 0.3 is 6.03 Å². The predicted octanol–water partition coefficient (Wildman–Crippen LogP) is 1.81. The first-order valence-corrected chi connectivity index (χ1v) is 9.82. The quantitative estimate of drug-likeness (QED) is 0.709. The predicted molar refractivity (Wildman–Crippen MR) is 93.3 cm³/mol. The molecule has 7 nitrogen and oxygen atoms in total. The second-order valence-electron chi connectivity index (χ2n) is 5.46. The third-order valence-corrected chi connectivity index (χ3v) is 5.56. The fourth-order valence-electron chi connectivity index (χ4n) is 2.28. The average Bonchev–Trinajstić information content (AvgIpc) is 2.76. The zero-order valence-corrected chi connectivity index (χ0v) is 15.0. The molecule has 2 rings (SSSR count). The summed E-state index contributed by atoms with van der Waals surface area (Å²) >= 11 is 11.7. The molecular formula is C14H17Cl2N3O4S. The molecule has 1 aliphatic rings. The molecule has 0 unspecified atom stereocenters. The van der Waals surface area contributed by atoms with E-state index in [0.29, 0.717) is 22.2 Å². The largest absolute Gasteiger partial charge is 0.338 e. The normalized spacial score (nSPS) is 18.8. The molecule has 1 saturated heterocycles. The molecule has 0 aromatic heterocycles. The van der Waals surface area contributed by atoms with E-state index in [0.717, 1.165) is 0 Å². The minimum absolute atomic E-state index is 0.0452. The van der Waals surface area contributed by atoms with Crippen molar-refractivity contribution in [3.05, 3.63) is 28.2 Å². The van der Waals surface area contributed by atoms with E-state index in [2.05, 4.69) is 16.0 Å². The number of carbonyl (C=O) groups is 2. The van der Waals surface area contributed by atoms with Crippen LogP contribution < -0.4 is 16.0 Å². The summed E-state index contributed by atoms with van der Waals surface area (Å²) in [6.07, 6.45) is 0.465. The third-order valence-electron chi connectivity index (χ3n) is 3.35. The fraction of sp³-hybridized carbons (Fsp3) is 0.429. The second-order valence-corrected chi connectivity index (χ2v) is 8.56. The topological polar surface area (TPSA) is 104 Å². The zero-order chi connectivity index (χ0) is 17.7. The zero-order valence-electron chi connectivity index (χ0n) is 12.6. The number of rotatable bonds is 5. The second kappa shape index (κ2) is 8.04. The molecule has 0 saturated carbocycles. The number of urea groups is 1. The van der Waals surface area contributed by atoms with Crippen LogP contribution in [0.3, 0.4) is 0 Å². The van der Waals surface area contributed by atoms with Gasteiger partial charge in [-0.15, -0.1) is 0 Å². The van der Waals surface area contributed by atoms with E-state index < -0.39 is 15.9 Å². The first-order chi connectivity index (χ1) is 11.2. The SMILES string of the molecule is O=C(CCNC(=O)N[C@@H]1CCS(=O)(=O)C1)Nc1cc(Cl)cc(Cl)c1. The van der Waals surface area contributed by atoms with Crippen LogP contribution in [0.5, 0.6) is 0 Å². The minimum Gasteiger partial charge on any atom is -0.338 e. The Bertz CT molecular complexity index is 719. The first-order valence-electron chi connectivity index (χ1n) is 7.24. The summed E-state index contributed by atoms with van der Waals surface area (Å²) in [4.78, 5) is 23.5. The van der Waals surface area contributed by atoms with E-state index in [1.165, 1.54) is 0 Å². The van der Waals surface area contributed by atoms with Crippen molar-refractivity contribution in [2.75, 3.05) is 23.4 Å². The number of benzene rings is 1. The number of hydrogen-bond donors (Lipinski definition) is 3. The minimum atomic E-state index is -3.04. The van der Waals surface area contributed by atoms with Crippen LogP contribution in [0.2, 0.25) is 10.0 Å². The van der Waals surface area contributed by atoms with Crippen LogP contribution in [0.15, 0.2) is 18.2 Å². The molecule has 3 N–H and O–H groups in total. The van der Waals surface area contributed by atoms with Gasteiger partial charge in [-0.05, 0) is 24.6 Å². The van der Waals surface area contributed by atoms with Crippen molar-refractivity contribution in [2.45, 2.75) is 18.9 Å². The van der Waals surface area contributed by atoms with Gasteiger partial charge in [-0.2, -0.15) is 0 Å². The Balaban J connectivity index is 1.69. The lowest BCUT2D eigenvalue weighted by Gasteiger charge is -2.12. The Labute approximate surface area is 150 Å². The van der Waals surface area contributed by atoms with Gasteiger partial charge in [0, 0.05) is 34.7 Å². The van der Waals surface area contributed by atoms with E-state index in [1.807, 2.05) is 0 Å². The van der Waals surface area contributed by atoms with Gasteiger partial charge in [-0.1, -0.05) is 23.2 Å². The van der Waals surface area contributed by atoms with Crippen molar-refractivity contribution in [3.8, 4) is 0 Å². The van der Waals surface area contributed by atoms with E-state index >= 15 is 0 Å². The Morgan fingerprint density at radius 3 is 2.42 bits per heavy atom. The maximum absolute atomic E-state index is 11.8. The number of halogens is 2. The van der Waals surface area contributed by atoms with Crippen LogP contribution in [0, 0.1) is 0 Å². The number of carbonyl (C=O) groups excluding carboxylic acids is 2. The molecule has 1 atom stereocenters. The highest BCUT2D eigenvalue weighted by Crippen LogP contribution is 2.22. The third kappa shape index (κ3) is 6.18. The number of anilines is 1. The van der Waals surface area contributed by atoms with Crippen molar-refractivity contribution in [2.24, 2.45) is 0 Å². The molecule has 1 heterocycles. The monoisotopic (exact) mass is 393 g/mol. The molecule has 1 fully saturated rings. The van der Waals surface area contributed by atoms with E-state index in [9.17, 15) is 18.0 Å². The lowest BCUT2D eigenvalue weighted by molar-refractivity contribution is -0.116. The van der Waals surface area contributed by atoms with Gasteiger partial charge in [-0.25, -0.2) is 13.2 Å².